The van der Waals surface area contributed by atoms with E-state index in [2.05, 4.69) is 31.1 Å². The molecular formula is C12H16N2O. The number of hydrogen-bond donors (Lipinski definition) is 1. The van der Waals surface area contributed by atoms with Crippen LogP contribution >= 0.6 is 0 Å². The minimum Gasteiger partial charge on any atom is -0.371 e. The Morgan fingerprint density at radius 2 is 2.00 bits per heavy atom. The second kappa shape index (κ2) is 3.66. The topological polar surface area (TPSA) is 35.8 Å². The molecule has 1 aromatic rings. The van der Waals surface area contributed by atoms with Crippen molar-refractivity contribution in [3.05, 3.63) is 29.3 Å². The number of anilines is 1. The van der Waals surface area contributed by atoms with E-state index in [9.17, 15) is 5.11 Å². The van der Waals surface area contributed by atoms with Crippen LogP contribution in [0, 0.1) is 13.8 Å². The average Bonchev–Trinajstić information content (AvgIpc) is 2.50. The lowest BCUT2D eigenvalue weighted by Gasteiger charge is -2.19. The minimum absolute atomic E-state index is 0.507. The van der Waals surface area contributed by atoms with Crippen molar-refractivity contribution < 1.29 is 5.11 Å². The fraction of sp³-hybridized carbons (Fsp3) is 0.417. The third kappa shape index (κ3) is 1.88. The summed E-state index contributed by atoms with van der Waals surface area (Å²) >= 11 is 0. The van der Waals surface area contributed by atoms with Gasteiger partial charge in [-0.1, -0.05) is 6.07 Å². The summed E-state index contributed by atoms with van der Waals surface area (Å²) in [4.78, 5) is 0. The molecule has 1 N–H and O–H groups in total. The smallest absolute Gasteiger partial charge is 0.152 e. The molecule has 0 spiro atoms. The van der Waals surface area contributed by atoms with Gasteiger partial charge in [0.1, 0.15) is 0 Å². The van der Waals surface area contributed by atoms with Crippen molar-refractivity contribution in [1.82, 2.24) is 0 Å². The third-order valence-corrected chi connectivity index (χ3v) is 2.79. The Balaban J connectivity index is 2.34. The van der Waals surface area contributed by atoms with Gasteiger partial charge in [0.2, 0.25) is 0 Å². The number of aliphatic hydroxyl groups is 1. The SMILES string of the molecule is CC1=NN(c2ccc(C)c(C)c2)C(O)C1. The number of hydrazone groups is 1. The van der Waals surface area contributed by atoms with Gasteiger partial charge in [0.15, 0.2) is 6.23 Å². The van der Waals surface area contributed by atoms with Crippen LogP contribution in [0.25, 0.3) is 0 Å². The molecule has 0 aliphatic carbocycles. The van der Waals surface area contributed by atoms with Crippen molar-refractivity contribution in [3.8, 4) is 0 Å². The molecule has 0 radical (unpaired) electrons. The lowest BCUT2D eigenvalue weighted by Crippen LogP contribution is -2.25. The number of nitrogens with zero attached hydrogens (tertiary/aromatic N) is 2. The van der Waals surface area contributed by atoms with Gasteiger partial charge in [0.05, 0.1) is 5.69 Å². The zero-order valence-corrected chi connectivity index (χ0v) is 9.36. The van der Waals surface area contributed by atoms with Gasteiger partial charge in [-0.05, 0) is 44.0 Å². The van der Waals surface area contributed by atoms with Crippen molar-refractivity contribution in [2.24, 2.45) is 5.10 Å². The van der Waals surface area contributed by atoms with Gasteiger partial charge in [0.25, 0.3) is 0 Å². The third-order valence-electron chi connectivity index (χ3n) is 2.79. The van der Waals surface area contributed by atoms with E-state index in [4.69, 9.17) is 0 Å². The highest BCUT2D eigenvalue weighted by Crippen LogP contribution is 2.25. The van der Waals surface area contributed by atoms with Crippen molar-refractivity contribution in [2.45, 2.75) is 33.4 Å². The number of rotatable bonds is 1. The fourth-order valence-electron chi connectivity index (χ4n) is 1.74. The van der Waals surface area contributed by atoms with Gasteiger partial charge in [0, 0.05) is 12.1 Å². The van der Waals surface area contributed by atoms with Gasteiger partial charge < -0.3 is 5.11 Å². The first-order valence-electron chi connectivity index (χ1n) is 5.16. The largest absolute Gasteiger partial charge is 0.371 e. The standard InChI is InChI=1S/C12H16N2O/c1-8-4-5-11(6-9(8)2)14-12(15)7-10(3)13-14/h4-6,12,15H,7H2,1-3H3. The summed E-state index contributed by atoms with van der Waals surface area (Å²) in [6, 6.07) is 6.11. The molecule has 1 unspecified atom stereocenters. The van der Waals surface area contributed by atoms with Crippen LogP contribution in [0.2, 0.25) is 0 Å². The lowest BCUT2D eigenvalue weighted by molar-refractivity contribution is 0.186. The molecule has 80 valence electrons. The molecule has 1 aliphatic heterocycles. The van der Waals surface area contributed by atoms with E-state index in [-0.39, 0.29) is 0 Å². The van der Waals surface area contributed by atoms with Gasteiger partial charge in [-0.15, -0.1) is 0 Å². The van der Waals surface area contributed by atoms with Gasteiger partial charge in [-0.25, -0.2) is 5.01 Å². The summed E-state index contributed by atoms with van der Waals surface area (Å²) < 4.78 is 0. The van der Waals surface area contributed by atoms with E-state index in [0.717, 1.165) is 11.4 Å². The average molecular weight is 204 g/mol. The van der Waals surface area contributed by atoms with Crippen molar-refractivity contribution in [2.75, 3.05) is 5.01 Å². The van der Waals surface area contributed by atoms with Crippen LogP contribution < -0.4 is 5.01 Å². The molecule has 0 saturated heterocycles. The normalized spacial score (nSPS) is 20.7. The fourth-order valence-corrected chi connectivity index (χ4v) is 1.74. The summed E-state index contributed by atoms with van der Waals surface area (Å²) in [5.41, 5.74) is 4.41. The Bertz CT molecular complexity index is 412. The van der Waals surface area contributed by atoms with E-state index in [1.165, 1.54) is 11.1 Å². The van der Waals surface area contributed by atoms with Crippen LogP contribution in [0.3, 0.4) is 0 Å². The Morgan fingerprint density at radius 3 is 2.53 bits per heavy atom. The Hall–Kier alpha value is -1.35. The Kier molecular flexibility index (Phi) is 2.49. The monoisotopic (exact) mass is 204 g/mol. The highest BCUT2D eigenvalue weighted by molar-refractivity contribution is 5.86. The maximum absolute atomic E-state index is 9.78. The highest BCUT2D eigenvalue weighted by Gasteiger charge is 2.23. The summed E-state index contributed by atoms with van der Waals surface area (Å²) in [6.45, 7) is 6.08. The number of aryl methyl sites for hydroxylation is 2. The van der Waals surface area contributed by atoms with Gasteiger partial charge in [-0.2, -0.15) is 5.10 Å². The second-order valence-electron chi connectivity index (χ2n) is 4.13. The lowest BCUT2D eigenvalue weighted by atomic mass is 10.1. The summed E-state index contributed by atoms with van der Waals surface area (Å²) in [7, 11) is 0. The first-order valence-corrected chi connectivity index (χ1v) is 5.16. The van der Waals surface area contributed by atoms with Crippen molar-refractivity contribution in [3.63, 3.8) is 0 Å². The maximum Gasteiger partial charge on any atom is 0.152 e. The first-order chi connectivity index (χ1) is 7.08. The quantitative estimate of drug-likeness (QED) is 0.761. The number of benzene rings is 1. The van der Waals surface area contributed by atoms with Crippen molar-refractivity contribution in [1.29, 1.82) is 0 Å². The minimum atomic E-state index is -0.507. The van der Waals surface area contributed by atoms with Crippen LogP contribution in [0.15, 0.2) is 23.3 Å². The highest BCUT2D eigenvalue weighted by atomic mass is 16.3. The van der Waals surface area contributed by atoms with E-state index in [0.29, 0.717) is 6.42 Å². The van der Waals surface area contributed by atoms with E-state index >= 15 is 0 Å². The van der Waals surface area contributed by atoms with Crippen LogP contribution in [0.1, 0.15) is 24.5 Å². The molecule has 15 heavy (non-hydrogen) atoms. The molecule has 0 amide bonds. The molecular weight excluding hydrogens is 188 g/mol. The van der Waals surface area contributed by atoms with Crippen LogP contribution in [0.5, 0.6) is 0 Å². The number of aliphatic hydroxyl groups excluding tert-OH is 1. The van der Waals surface area contributed by atoms with Gasteiger partial charge in [-0.3, -0.25) is 0 Å². The molecule has 0 bridgehead atoms. The summed E-state index contributed by atoms with van der Waals surface area (Å²) in [5, 5.41) is 15.8. The maximum atomic E-state index is 9.78. The van der Waals surface area contributed by atoms with E-state index in [1.807, 2.05) is 13.0 Å². The molecule has 1 aliphatic rings. The molecule has 1 aromatic carbocycles. The molecule has 0 aromatic heterocycles. The molecule has 0 fully saturated rings. The predicted octanol–water partition coefficient (Wildman–Crippen LogP) is 2.21. The van der Waals surface area contributed by atoms with E-state index < -0.39 is 6.23 Å². The Morgan fingerprint density at radius 1 is 1.27 bits per heavy atom. The zero-order valence-electron chi connectivity index (χ0n) is 9.36. The molecule has 3 heteroatoms. The van der Waals surface area contributed by atoms with Crippen molar-refractivity contribution >= 4 is 11.4 Å². The Labute approximate surface area is 90.0 Å². The molecule has 1 atom stereocenters. The summed E-state index contributed by atoms with van der Waals surface area (Å²) in [6.07, 6.45) is 0.125. The summed E-state index contributed by atoms with van der Waals surface area (Å²) in [5.74, 6) is 0. The van der Waals surface area contributed by atoms with E-state index in [1.54, 1.807) is 5.01 Å². The van der Waals surface area contributed by atoms with Crippen LogP contribution in [-0.4, -0.2) is 17.0 Å². The molecule has 3 nitrogen and oxygen atoms in total. The molecule has 0 saturated carbocycles. The first kappa shape index (κ1) is 10.2. The number of hydrogen-bond acceptors (Lipinski definition) is 3. The van der Waals surface area contributed by atoms with Gasteiger partial charge >= 0.3 is 0 Å². The predicted molar refractivity (Wildman–Crippen MR) is 62.1 cm³/mol. The zero-order chi connectivity index (χ0) is 11.0. The molecule has 1 heterocycles. The van der Waals surface area contributed by atoms with Crippen LogP contribution in [0.4, 0.5) is 5.69 Å². The molecule has 2 rings (SSSR count). The van der Waals surface area contributed by atoms with Crippen LogP contribution in [-0.2, 0) is 0 Å². The second-order valence-corrected chi connectivity index (χ2v) is 4.13.